The highest BCUT2D eigenvalue weighted by Crippen LogP contribution is 2.25. The molecular weight excluding hydrogens is 263 g/mol. The van der Waals surface area contributed by atoms with Crippen molar-refractivity contribution in [1.82, 2.24) is 5.32 Å². The number of thiocarbonyl (C=S) groups is 1. The highest BCUT2D eigenvalue weighted by Gasteiger charge is 2.30. The van der Waals surface area contributed by atoms with Crippen molar-refractivity contribution in [3.8, 4) is 0 Å². The predicted molar refractivity (Wildman–Crippen MR) is 76.2 cm³/mol. The number of nitrogens with one attached hydrogen (secondary N) is 1. The van der Waals surface area contributed by atoms with Gasteiger partial charge in [0.2, 0.25) is 5.91 Å². The molecule has 1 aromatic carbocycles. The van der Waals surface area contributed by atoms with Crippen LogP contribution in [-0.4, -0.2) is 16.9 Å². The largest absolute Gasteiger partial charge is 0.393 e. The molecule has 0 bridgehead atoms. The summed E-state index contributed by atoms with van der Waals surface area (Å²) < 4.78 is 13.0. The smallest absolute Gasteiger partial charge is 0.224 e. The molecule has 3 N–H and O–H groups in total. The van der Waals surface area contributed by atoms with E-state index in [1.165, 1.54) is 12.1 Å². The summed E-state index contributed by atoms with van der Waals surface area (Å²) in [5.74, 6) is -0.350. The van der Waals surface area contributed by atoms with E-state index in [2.05, 4.69) is 5.32 Å². The molecule has 0 aliphatic heterocycles. The van der Waals surface area contributed by atoms with Crippen molar-refractivity contribution in [1.29, 1.82) is 0 Å². The molecule has 1 aliphatic carbocycles. The van der Waals surface area contributed by atoms with Gasteiger partial charge in [0, 0.05) is 12.0 Å². The molecule has 19 heavy (non-hydrogen) atoms. The minimum atomic E-state index is -0.327. The van der Waals surface area contributed by atoms with Gasteiger partial charge < -0.3 is 11.1 Å². The predicted octanol–water partition coefficient (Wildman–Crippen LogP) is 1.94. The van der Waals surface area contributed by atoms with Gasteiger partial charge in [-0.2, -0.15) is 0 Å². The summed E-state index contributed by atoms with van der Waals surface area (Å²) in [7, 11) is 0. The van der Waals surface area contributed by atoms with E-state index in [4.69, 9.17) is 18.0 Å². The minimum Gasteiger partial charge on any atom is -0.393 e. The van der Waals surface area contributed by atoms with Gasteiger partial charge in [-0.3, -0.25) is 4.79 Å². The number of benzene rings is 1. The maximum absolute atomic E-state index is 13.0. The number of halogens is 1. The Morgan fingerprint density at radius 3 is 2.95 bits per heavy atom. The summed E-state index contributed by atoms with van der Waals surface area (Å²) in [4.78, 5) is 12.4. The van der Waals surface area contributed by atoms with Gasteiger partial charge in [-0.15, -0.1) is 0 Å². The molecule has 2 rings (SSSR count). The molecule has 2 atom stereocenters. The molecule has 2 unspecified atom stereocenters. The Balaban J connectivity index is 1.92. The van der Waals surface area contributed by atoms with Gasteiger partial charge in [-0.25, -0.2) is 4.39 Å². The number of nitrogens with two attached hydrogens (primary N) is 1. The van der Waals surface area contributed by atoms with Crippen molar-refractivity contribution in [3.05, 3.63) is 35.6 Å². The van der Waals surface area contributed by atoms with Crippen molar-refractivity contribution in [2.75, 3.05) is 0 Å². The molecule has 1 amide bonds. The van der Waals surface area contributed by atoms with E-state index in [0.717, 1.165) is 19.3 Å². The zero-order valence-corrected chi connectivity index (χ0v) is 11.4. The van der Waals surface area contributed by atoms with E-state index in [9.17, 15) is 9.18 Å². The van der Waals surface area contributed by atoms with E-state index >= 15 is 0 Å². The van der Waals surface area contributed by atoms with E-state index < -0.39 is 0 Å². The zero-order valence-electron chi connectivity index (χ0n) is 10.6. The molecule has 102 valence electrons. The standard InChI is InChI=1S/C14H17FN2OS/c15-10-4-1-3-9(7-10)8-13(18)17-12-6-2-5-11(12)14(16)19/h1,3-4,7,11-12H,2,5-6,8H2,(H2,16,19)(H,17,18). The second kappa shape index (κ2) is 6.10. The molecule has 0 saturated heterocycles. The lowest BCUT2D eigenvalue weighted by Gasteiger charge is -2.19. The second-order valence-corrected chi connectivity index (χ2v) is 5.39. The summed E-state index contributed by atoms with van der Waals surface area (Å²) in [5.41, 5.74) is 6.34. The minimum absolute atomic E-state index is 0.0264. The van der Waals surface area contributed by atoms with Crippen LogP contribution in [0.3, 0.4) is 0 Å². The van der Waals surface area contributed by atoms with Gasteiger partial charge in [0.25, 0.3) is 0 Å². The summed E-state index contributed by atoms with van der Waals surface area (Å²) in [5, 5.41) is 2.95. The van der Waals surface area contributed by atoms with Gasteiger partial charge in [0.05, 0.1) is 11.4 Å². The average molecular weight is 280 g/mol. The Kier molecular flexibility index (Phi) is 4.47. The fourth-order valence-corrected chi connectivity index (χ4v) is 2.85. The van der Waals surface area contributed by atoms with E-state index in [-0.39, 0.29) is 30.1 Å². The van der Waals surface area contributed by atoms with Crippen LogP contribution in [0.25, 0.3) is 0 Å². The molecule has 1 aliphatic rings. The first-order valence-corrected chi connectivity index (χ1v) is 6.80. The van der Waals surface area contributed by atoms with E-state index in [1.807, 2.05) is 0 Å². The molecule has 0 aromatic heterocycles. The van der Waals surface area contributed by atoms with Crippen LogP contribution in [0.4, 0.5) is 4.39 Å². The number of amides is 1. The van der Waals surface area contributed by atoms with Crippen molar-refractivity contribution >= 4 is 23.1 Å². The molecule has 1 saturated carbocycles. The monoisotopic (exact) mass is 280 g/mol. The summed E-state index contributed by atoms with van der Waals surface area (Å²) in [6.45, 7) is 0. The van der Waals surface area contributed by atoms with Crippen molar-refractivity contribution in [2.45, 2.75) is 31.7 Å². The summed E-state index contributed by atoms with van der Waals surface area (Å²) >= 11 is 5.01. The molecule has 3 nitrogen and oxygen atoms in total. The Bertz CT molecular complexity index is 492. The van der Waals surface area contributed by atoms with Gasteiger partial charge >= 0.3 is 0 Å². The Morgan fingerprint density at radius 1 is 1.47 bits per heavy atom. The first kappa shape index (κ1) is 13.9. The molecule has 5 heteroatoms. The van der Waals surface area contributed by atoms with Gasteiger partial charge in [0.15, 0.2) is 0 Å². The van der Waals surface area contributed by atoms with Crippen LogP contribution in [0.5, 0.6) is 0 Å². The van der Waals surface area contributed by atoms with Crippen LogP contribution in [0.1, 0.15) is 24.8 Å². The highest BCUT2D eigenvalue weighted by molar-refractivity contribution is 7.80. The Hall–Kier alpha value is -1.49. The number of hydrogen-bond acceptors (Lipinski definition) is 2. The lowest BCUT2D eigenvalue weighted by molar-refractivity contribution is -0.121. The maximum Gasteiger partial charge on any atom is 0.224 e. The first-order valence-electron chi connectivity index (χ1n) is 6.39. The van der Waals surface area contributed by atoms with Crippen LogP contribution >= 0.6 is 12.2 Å². The van der Waals surface area contributed by atoms with Gasteiger partial charge in [0.1, 0.15) is 5.82 Å². The Labute approximate surface area is 117 Å². The van der Waals surface area contributed by atoms with Crippen molar-refractivity contribution in [3.63, 3.8) is 0 Å². The molecule has 1 fully saturated rings. The van der Waals surface area contributed by atoms with Crippen molar-refractivity contribution in [2.24, 2.45) is 11.7 Å². The van der Waals surface area contributed by atoms with Crippen LogP contribution in [0.2, 0.25) is 0 Å². The SMILES string of the molecule is NC(=S)C1CCCC1NC(=O)Cc1cccc(F)c1. The third-order valence-electron chi connectivity index (χ3n) is 3.48. The second-order valence-electron chi connectivity index (χ2n) is 4.92. The molecule has 0 heterocycles. The highest BCUT2D eigenvalue weighted by atomic mass is 32.1. The van der Waals surface area contributed by atoms with Crippen LogP contribution in [0.15, 0.2) is 24.3 Å². The zero-order chi connectivity index (χ0) is 13.8. The molecule has 0 spiro atoms. The quantitative estimate of drug-likeness (QED) is 0.829. The molecule has 0 radical (unpaired) electrons. The number of carbonyl (C=O) groups excluding carboxylic acids is 1. The lowest BCUT2D eigenvalue weighted by atomic mass is 10.0. The molecule has 1 aromatic rings. The fourth-order valence-electron chi connectivity index (χ4n) is 2.56. The van der Waals surface area contributed by atoms with E-state index in [1.54, 1.807) is 12.1 Å². The summed E-state index contributed by atoms with van der Waals surface area (Å²) in [6.07, 6.45) is 3.03. The van der Waals surface area contributed by atoms with E-state index in [0.29, 0.717) is 10.6 Å². The number of rotatable bonds is 4. The van der Waals surface area contributed by atoms with Crippen LogP contribution in [0, 0.1) is 11.7 Å². The lowest BCUT2D eigenvalue weighted by Crippen LogP contribution is -2.42. The normalized spacial score (nSPS) is 22.2. The molecular formula is C14H17FN2OS. The third kappa shape index (κ3) is 3.73. The first-order chi connectivity index (χ1) is 9.06. The van der Waals surface area contributed by atoms with Gasteiger partial charge in [-0.05, 0) is 30.5 Å². The third-order valence-corrected chi connectivity index (χ3v) is 3.78. The van der Waals surface area contributed by atoms with Gasteiger partial charge in [-0.1, -0.05) is 30.8 Å². The maximum atomic E-state index is 13.0. The van der Waals surface area contributed by atoms with Crippen LogP contribution in [-0.2, 0) is 11.2 Å². The topological polar surface area (TPSA) is 55.1 Å². The summed E-state index contributed by atoms with van der Waals surface area (Å²) in [6, 6.07) is 6.10. The van der Waals surface area contributed by atoms with Crippen molar-refractivity contribution < 1.29 is 9.18 Å². The van der Waals surface area contributed by atoms with Crippen LogP contribution < -0.4 is 11.1 Å². The average Bonchev–Trinajstić information content (AvgIpc) is 2.76. The fraction of sp³-hybridized carbons (Fsp3) is 0.429. The Morgan fingerprint density at radius 2 is 2.26 bits per heavy atom. The number of hydrogen-bond donors (Lipinski definition) is 2. The number of carbonyl (C=O) groups is 1.